The number of fused-ring (bicyclic) bond motifs is 1. The highest BCUT2D eigenvalue weighted by Crippen LogP contribution is 2.41. The smallest absolute Gasteiger partial charge is 0.316 e. The molecule has 1 aliphatic carbocycles. The summed E-state index contributed by atoms with van der Waals surface area (Å²) >= 11 is 0. The lowest BCUT2D eigenvalue weighted by atomic mass is 9.78. The third-order valence-corrected chi connectivity index (χ3v) is 7.34. The molecule has 2 aromatic carbocycles. The fourth-order valence-corrected chi connectivity index (χ4v) is 5.40. The predicted molar refractivity (Wildman–Crippen MR) is 133 cm³/mol. The molecule has 3 amide bonds. The van der Waals surface area contributed by atoms with E-state index in [0.29, 0.717) is 34.9 Å². The molecule has 0 bridgehead atoms. The number of esters is 1. The second-order valence-electron chi connectivity index (χ2n) is 9.64. The first-order chi connectivity index (χ1) is 17.3. The van der Waals surface area contributed by atoms with Crippen LogP contribution in [0.3, 0.4) is 0 Å². The number of imide groups is 1. The first-order valence-corrected chi connectivity index (χ1v) is 12.1. The second kappa shape index (κ2) is 9.26. The van der Waals surface area contributed by atoms with Gasteiger partial charge < -0.3 is 14.4 Å². The van der Waals surface area contributed by atoms with E-state index in [1.54, 1.807) is 61.4 Å². The lowest BCUT2D eigenvalue weighted by molar-refractivity contribution is -0.139. The van der Waals surface area contributed by atoms with E-state index in [-0.39, 0.29) is 48.4 Å². The van der Waals surface area contributed by atoms with Gasteiger partial charge in [-0.1, -0.05) is 19.1 Å². The summed E-state index contributed by atoms with van der Waals surface area (Å²) in [5.41, 5.74) is 1.86. The van der Waals surface area contributed by atoms with Gasteiger partial charge in [0.2, 0.25) is 17.7 Å². The molecule has 0 radical (unpaired) electrons. The van der Waals surface area contributed by atoms with Gasteiger partial charge in [-0.3, -0.25) is 19.2 Å². The minimum atomic E-state index is -0.599. The van der Waals surface area contributed by atoms with Crippen LogP contribution in [0.25, 0.3) is 0 Å². The molecule has 5 rings (SSSR count). The standard InChI is InChI=1S/C28H28N2O6/c1-16-5-4-6-22-25(16)27(33)30(26(22)32)23-12-11-21(13-17(23)2)36-28(34)18-14-24(31)29(15-18)19-7-9-20(35-3)10-8-19/h4-5,7-13,16,18,22,25H,6,14-15H2,1-3H3/t16-,18-,22-,25-/m1/s1. The molecule has 0 saturated carbocycles. The highest BCUT2D eigenvalue weighted by molar-refractivity contribution is 6.22. The van der Waals surface area contributed by atoms with E-state index in [9.17, 15) is 19.2 Å². The predicted octanol–water partition coefficient (Wildman–Crippen LogP) is 3.66. The molecule has 2 saturated heterocycles. The minimum absolute atomic E-state index is 0.0114. The average Bonchev–Trinajstić information content (AvgIpc) is 3.37. The number of hydrogen-bond donors (Lipinski definition) is 0. The van der Waals surface area contributed by atoms with Crippen molar-refractivity contribution in [2.24, 2.45) is 23.7 Å². The zero-order valence-corrected chi connectivity index (χ0v) is 20.5. The van der Waals surface area contributed by atoms with E-state index in [4.69, 9.17) is 9.47 Å². The van der Waals surface area contributed by atoms with Crippen molar-refractivity contribution in [1.29, 1.82) is 0 Å². The minimum Gasteiger partial charge on any atom is -0.497 e. The van der Waals surface area contributed by atoms with E-state index in [2.05, 4.69) is 0 Å². The third kappa shape index (κ3) is 4.06. The van der Waals surface area contributed by atoms with Crippen molar-refractivity contribution in [3.05, 3.63) is 60.2 Å². The summed E-state index contributed by atoms with van der Waals surface area (Å²) in [6.07, 6.45) is 4.60. The lowest BCUT2D eigenvalue weighted by Crippen LogP contribution is -2.32. The van der Waals surface area contributed by atoms with Gasteiger partial charge in [-0.25, -0.2) is 4.90 Å². The second-order valence-corrected chi connectivity index (χ2v) is 9.64. The zero-order valence-electron chi connectivity index (χ0n) is 20.5. The summed E-state index contributed by atoms with van der Waals surface area (Å²) in [5.74, 6) is -1.28. The van der Waals surface area contributed by atoms with Crippen molar-refractivity contribution < 1.29 is 28.7 Å². The fraction of sp³-hybridized carbons (Fsp3) is 0.357. The Bertz CT molecular complexity index is 1270. The van der Waals surface area contributed by atoms with Crippen molar-refractivity contribution in [3.8, 4) is 11.5 Å². The Balaban J connectivity index is 1.27. The molecule has 8 heteroatoms. The quantitative estimate of drug-likeness (QED) is 0.276. The van der Waals surface area contributed by atoms with Crippen LogP contribution in [0.15, 0.2) is 54.6 Å². The maximum absolute atomic E-state index is 13.1. The number of allylic oxidation sites excluding steroid dienone is 2. The number of anilines is 2. The molecular weight excluding hydrogens is 460 g/mol. The van der Waals surface area contributed by atoms with E-state index in [1.807, 2.05) is 19.1 Å². The number of methoxy groups -OCH3 is 1. The first kappa shape index (κ1) is 23.8. The Morgan fingerprint density at radius 2 is 1.72 bits per heavy atom. The molecule has 4 atom stereocenters. The normalized spacial score (nSPS) is 25.4. The fourth-order valence-electron chi connectivity index (χ4n) is 5.40. The van der Waals surface area contributed by atoms with Gasteiger partial charge in [-0.05, 0) is 67.3 Å². The summed E-state index contributed by atoms with van der Waals surface area (Å²) in [6, 6.07) is 12.0. The molecule has 0 N–H and O–H groups in total. The molecule has 3 aliphatic rings. The van der Waals surface area contributed by atoms with Crippen molar-refractivity contribution in [2.75, 3.05) is 23.5 Å². The Morgan fingerprint density at radius 1 is 1.00 bits per heavy atom. The Morgan fingerprint density at radius 3 is 2.39 bits per heavy atom. The number of carbonyl (C=O) groups excluding carboxylic acids is 4. The number of aryl methyl sites for hydroxylation is 1. The van der Waals surface area contributed by atoms with Gasteiger partial charge in [-0.15, -0.1) is 0 Å². The highest BCUT2D eigenvalue weighted by atomic mass is 16.5. The highest BCUT2D eigenvalue weighted by Gasteiger charge is 2.50. The molecular formula is C28H28N2O6. The van der Waals surface area contributed by atoms with Crippen molar-refractivity contribution in [3.63, 3.8) is 0 Å². The average molecular weight is 489 g/mol. The number of amides is 3. The van der Waals surface area contributed by atoms with E-state index < -0.39 is 11.9 Å². The van der Waals surface area contributed by atoms with Crippen LogP contribution < -0.4 is 19.3 Å². The van der Waals surface area contributed by atoms with Crippen LogP contribution in [0.1, 0.15) is 25.3 Å². The molecule has 2 heterocycles. The van der Waals surface area contributed by atoms with Gasteiger partial charge in [-0.2, -0.15) is 0 Å². The van der Waals surface area contributed by atoms with Crippen molar-refractivity contribution >= 4 is 35.1 Å². The van der Waals surface area contributed by atoms with Crippen LogP contribution in [-0.4, -0.2) is 37.3 Å². The first-order valence-electron chi connectivity index (χ1n) is 12.1. The van der Waals surface area contributed by atoms with Crippen LogP contribution in [-0.2, 0) is 19.2 Å². The number of carbonyl (C=O) groups is 4. The van der Waals surface area contributed by atoms with E-state index >= 15 is 0 Å². The maximum Gasteiger partial charge on any atom is 0.316 e. The molecule has 186 valence electrons. The topological polar surface area (TPSA) is 93.2 Å². The monoisotopic (exact) mass is 488 g/mol. The van der Waals surface area contributed by atoms with Crippen LogP contribution in [0.5, 0.6) is 11.5 Å². The third-order valence-electron chi connectivity index (χ3n) is 7.34. The summed E-state index contributed by atoms with van der Waals surface area (Å²) in [7, 11) is 1.57. The van der Waals surface area contributed by atoms with Crippen molar-refractivity contribution in [2.45, 2.75) is 26.7 Å². The maximum atomic E-state index is 13.1. The van der Waals surface area contributed by atoms with Crippen molar-refractivity contribution in [1.82, 2.24) is 0 Å². The summed E-state index contributed by atoms with van der Waals surface area (Å²) < 4.78 is 10.8. The Hall–Kier alpha value is -3.94. The molecule has 2 aromatic rings. The van der Waals surface area contributed by atoms with Gasteiger partial charge in [0.1, 0.15) is 11.5 Å². The lowest BCUT2D eigenvalue weighted by Gasteiger charge is -2.22. The SMILES string of the molecule is COc1ccc(N2C[C@H](C(=O)Oc3ccc(N4C(=O)[C@@H]5[C@H](C)C=CC[C@H]5C4=O)c(C)c3)CC2=O)cc1. The molecule has 36 heavy (non-hydrogen) atoms. The number of ether oxygens (including phenoxy) is 2. The number of hydrogen-bond acceptors (Lipinski definition) is 6. The zero-order chi connectivity index (χ0) is 25.6. The molecule has 0 aromatic heterocycles. The van der Waals surface area contributed by atoms with Gasteiger partial charge in [0.25, 0.3) is 0 Å². The van der Waals surface area contributed by atoms with Gasteiger partial charge >= 0.3 is 5.97 Å². The number of rotatable bonds is 5. The van der Waals surface area contributed by atoms with Crippen LogP contribution in [0, 0.1) is 30.6 Å². The van der Waals surface area contributed by atoms with Crippen LogP contribution >= 0.6 is 0 Å². The number of nitrogens with zero attached hydrogens (tertiary/aromatic N) is 2. The molecule has 2 fully saturated rings. The molecule has 2 aliphatic heterocycles. The summed E-state index contributed by atoms with van der Waals surface area (Å²) in [6.45, 7) is 3.97. The summed E-state index contributed by atoms with van der Waals surface area (Å²) in [5, 5.41) is 0. The molecule has 0 unspecified atom stereocenters. The van der Waals surface area contributed by atoms with E-state index in [1.165, 1.54) is 4.90 Å². The number of benzene rings is 2. The van der Waals surface area contributed by atoms with Crippen LogP contribution in [0.4, 0.5) is 11.4 Å². The van der Waals surface area contributed by atoms with Gasteiger partial charge in [0.05, 0.1) is 30.6 Å². The summed E-state index contributed by atoms with van der Waals surface area (Å²) in [4.78, 5) is 54.4. The van der Waals surface area contributed by atoms with Gasteiger partial charge in [0.15, 0.2) is 0 Å². The van der Waals surface area contributed by atoms with E-state index in [0.717, 1.165) is 0 Å². The molecule has 0 spiro atoms. The van der Waals surface area contributed by atoms with Crippen LogP contribution in [0.2, 0.25) is 0 Å². The largest absolute Gasteiger partial charge is 0.497 e. The Kier molecular flexibility index (Phi) is 6.12. The Labute approximate surface area is 209 Å². The van der Waals surface area contributed by atoms with Gasteiger partial charge in [0, 0.05) is 18.7 Å². The molecule has 8 nitrogen and oxygen atoms in total.